The Bertz CT molecular complexity index is 463. The molecule has 0 aliphatic rings. The van der Waals surface area contributed by atoms with Crippen molar-refractivity contribution in [1.29, 1.82) is 5.53 Å². The molecule has 0 atom stereocenters. The second-order valence-electron chi connectivity index (χ2n) is 2.91. The van der Waals surface area contributed by atoms with Crippen molar-refractivity contribution >= 4 is 23.3 Å². The smallest absolute Gasteiger partial charge is 0.350 e. The van der Waals surface area contributed by atoms with Crippen LogP contribution >= 0.6 is 11.6 Å². The number of nitrogens with two attached hydrogens (primary N) is 1. The third-order valence-corrected chi connectivity index (χ3v) is 2.12. The van der Waals surface area contributed by atoms with Crippen molar-refractivity contribution in [2.45, 2.75) is 6.18 Å². The molecule has 0 saturated heterocycles. The van der Waals surface area contributed by atoms with Gasteiger partial charge in [-0.3, -0.25) is 0 Å². The SMILES string of the molecule is N=NN(C(N)=O)c1ccc(C(F)(F)F)c(Cl)c1. The number of anilines is 1. The maximum absolute atomic E-state index is 12.4. The van der Waals surface area contributed by atoms with Crippen LogP contribution in [-0.4, -0.2) is 6.03 Å². The molecule has 0 aliphatic carbocycles. The number of nitrogens with zero attached hydrogens (tertiary/aromatic N) is 2. The highest BCUT2D eigenvalue weighted by Crippen LogP contribution is 2.36. The predicted octanol–water partition coefficient (Wildman–Crippen LogP) is 3.19. The second kappa shape index (κ2) is 4.58. The molecule has 92 valence electrons. The Kier molecular flexibility index (Phi) is 3.56. The van der Waals surface area contributed by atoms with E-state index in [1.165, 1.54) is 0 Å². The van der Waals surface area contributed by atoms with Crippen LogP contribution in [0.25, 0.3) is 0 Å². The lowest BCUT2D eigenvalue weighted by Crippen LogP contribution is -2.30. The van der Waals surface area contributed by atoms with Crippen LogP contribution in [0.3, 0.4) is 0 Å². The van der Waals surface area contributed by atoms with E-state index in [1.807, 2.05) is 0 Å². The third kappa shape index (κ3) is 2.84. The van der Waals surface area contributed by atoms with Gasteiger partial charge in [-0.1, -0.05) is 16.8 Å². The number of alkyl halides is 3. The Labute approximate surface area is 98.4 Å². The Morgan fingerprint density at radius 2 is 2.06 bits per heavy atom. The average molecular weight is 267 g/mol. The molecule has 0 saturated carbocycles. The van der Waals surface area contributed by atoms with Crippen molar-refractivity contribution in [1.82, 2.24) is 0 Å². The largest absolute Gasteiger partial charge is 0.417 e. The quantitative estimate of drug-likeness (QED) is 0.625. The Morgan fingerprint density at radius 3 is 2.41 bits per heavy atom. The molecule has 0 spiro atoms. The van der Waals surface area contributed by atoms with Crippen molar-refractivity contribution in [2.24, 2.45) is 11.0 Å². The van der Waals surface area contributed by atoms with Gasteiger partial charge in [0.05, 0.1) is 16.3 Å². The minimum Gasteiger partial charge on any atom is -0.350 e. The predicted molar refractivity (Wildman–Crippen MR) is 53.7 cm³/mol. The van der Waals surface area contributed by atoms with Crippen LogP contribution in [0.15, 0.2) is 23.4 Å². The van der Waals surface area contributed by atoms with Gasteiger partial charge in [0.2, 0.25) is 0 Å². The topological polar surface area (TPSA) is 82.5 Å². The lowest BCUT2D eigenvalue weighted by atomic mass is 10.2. The summed E-state index contributed by atoms with van der Waals surface area (Å²) in [5.74, 6) is 0. The number of rotatable bonds is 2. The summed E-state index contributed by atoms with van der Waals surface area (Å²) in [6.45, 7) is 0. The number of hydrogen-bond donors (Lipinski definition) is 2. The molecule has 3 N–H and O–H groups in total. The molecule has 0 heterocycles. The standard InChI is InChI=1S/C8H6ClF3N4O/c9-6-3-4(16(15-14)7(13)17)1-2-5(6)8(10,11)12/h1-3,14H,(H2,13,17). The van der Waals surface area contributed by atoms with Gasteiger partial charge in [-0.05, 0) is 18.2 Å². The van der Waals surface area contributed by atoms with E-state index in [-0.39, 0.29) is 5.69 Å². The molecule has 1 aromatic carbocycles. The lowest BCUT2D eigenvalue weighted by Gasteiger charge is -2.14. The summed E-state index contributed by atoms with van der Waals surface area (Å²) < 4.78 is 37.1. The second-order valence-corrected chi connectivity index (χ2v) is 3.32. The fraction of sp³-hybridized carbons (Fsp3) is 0.125. The van der Waals surface area contributed by atoms with E-state index in [1.54, 1.807) is 0 Å². The molecule has 5 nitrogen and oxygen atoms in total. The summed E-state index contributed by atoms with van der Waals surface area (Å²) in [5, 5.41) is 2.56. The van der Waals surface area contributed by atoms with Gasteiger partial charge in [-0.25, -0.2) is 4.79 Å². The van der Waals surface area contributed by atoms with Crippen molar-refractivity contribution in [3.05, 3.63) is 28.8 Å². The molecule has 1 aromatic rings. The van der Waals surface area contributed by atoms with Gasteiger partial charge in [0.1, 0.15) is 0 Å². The number of amides is 2. The number of hydrogen-bond acceptors (Lipinski definition) is 3. The summed E-state index contributed by atoms with van der Waals surface area (Å²) >= 11 is 5.42. The molecule has 0 unspecified atom stereocenters. The molecule has 0 aromatic heterocycles. The van der Waals surface area contributed by atoms with Crippen molar-refractivity contribution in [3.63, 3.8) is 0 Å². The first kappa shape index (κ1) is 13.2. The van der Waals surface area contributed by atoms with Crippen LogP contribution in [0, 0.1) is 5.53 Å². The molecular formula is C8H6ClF3N4O. The van der Waals surface area contributed by atoms with Crippen molar-refractivity contribution in [3.8, 4) is 0 Å². The fourth-order valence-corrected chi connectivity index (χ4v) is 1.38. The van der Waals surface area contributed by atoms with Crippen molar-refractivity contribution < 1.29 is 18.0 Å². The van der Waals surface area contributed by atoms with Gasteiger partial charge in [-0.15, -0.1) is 0 Å². The zero-order valence-electron chi connectivity index (χ0n) is 8.12. The van der Waals surface area contributed by atoms with Crippen molar-refractivity contribution in [2.75, 3.05) is 5.01 Å². The van der Waals surface area contributed by atoms with Crippen LogP contribution in [0.2, 0.25) is 5.02 Å². The Morgan fingerprint density at radius 1 is 1.47 bits per heavy atom. The maximum Gasteiger partial charge on any atom is 0.417 e. The zero-order valence-corrected chi connectivity index (χ0v) is 8.88. The molecular weight excluding hydrogens is 261 g/mol. The number of benzene rings is 1. The first-order valence-corrected chi connectivity index (χ1v) is 4.49. The van der Waals surface area contributed by atoms with Crippen LogP contribution in [0.1, 0.15) is 5.56 Å². The van der Waals surface area contributed by atoms with E-state index in [2.05, 4.69) is 5.22 Å². The first-order valence-electron chi connectivity index (χ1n) is 4.11. The van der Waals surface area contributed by atoms with Crippen LogP contribution in [0.4, 0.5) is 23.7 Å². The van der Waals surface area contributed by atoms with E-state index in [9.17, 15) is 18.0 Å². The van der Waals surface area contributed by atoms with Crippen LogP contribution < -0.4 is 10.7 Å². The molecule has 0 bridgehead atoms. The number of carbonyl (C=O) groups excluding carboxylic acids is 1. The number of nitrogens with one attached hydrogen (secondary N) is 1. The zero-order chi connectivity index (χ0) is 13.2. The summed E-state index contributed by atoms with van der Waals surface area (Å²) in [6, 6.07) is 1.37. The lowest BCUT2D eigenvalue weighted by molar-refractivity contribution is -0.137. The minimum absolute atomic E-state index is 0.120. The van der Waals surface area contributed by atoms with E-state index in [0.717, 1.165) is 12.1 Å². The molecule has 1 rings (SSSR count). The maximum atomic E-state index is 12.4. The van der Waals surface area contributed by atoms with E-state index in [0.29, 0.717) is 11.1 Å². The highest BCUT2D eigenvalue weighted by atomic mass is 35.5. The monoisotopic (exact) mass is 266 g/mol. The van der Waals surface area contributed by atoms with Gasteiger partial charge in [0.25, 0.3) is 0 Å². The molecule has 9 heteroatoms. The minimum atomic E-state index is -4.59. The molecule has 0 radical (unpaired) electrons. The summed E-state index contributed by atoms with van der Waals surface area (Å²) in [4.78, 5) is 10.8. The van der Waals surface area contributed by atoms with Crippen LogP contribution in [0.5, 0.6) is 0 Å². The van der Waals surface area contributed by atoms with E-state index in [4.69, 9.17) is 22.9 Å². The molecule has 2 amide bonds. The Balaban J connectivity index is 3.21. The van der Waals surface area contributed by atoms with Crippen LogP contribution in [-0.2, 0) is 6.18 Å². The van der Waals surface area contributed by atoms with Gasteiger partial charge in [0, 0.05) is 0 Å². The van der Waals surface area contributed by atoms with Gasteiger partial charge in [-0.2, -0.15) is 23.7 Å². The highest BCUT2D eigenvalue weighted by molar-refractivity contribution is 6.31. The molecule has 0 aliphatic heterocycles. The summed E-state index contributed by atoms with van der Waals surface area (Å²) in [7, 11) is 0. The van der Waals surface area contributed by atoms with E-state index >= 15 is 0 Å². The fourth-order valence-electron chi connectivity index (χ4n) is 1.10. The number of halogens is 4. The average Bonchev–Trinajstić information content (AvgIpc) is 2.15. The van der Waals surface area contributed by atoms with Gasteiger partial charge < -0.3 is 5.73 Å². The number of carbonyl (C=O) groups is 1. The van der Waals surface area contributed by atoms with Gasteiger partial charge >= 0.3 is 12.2 Å². The van der Waals surface area contributed by atoms with E-state index < -0.39 is 22.8 Å². The summed E-state index contributed by atoms with van der Waals surface area (Å²) in [5.41, 5.74) is 10.4. The molecule has 0 fully saturated rings. The third-order valence-electron chi connectivity index (χ3n) is 1.81. The summed E-state index contributed by atoms with van der Waals surface area (Å²) in [6.07, 6.45) is -4.59. The molecule has 17 heavy (non-hydrogen) atoms. The number of primary amides is 1. The number of urea groups is 1. The highest BCUT2D eigenvalue weighted by Gasteiger charge is 2.33. The first-order chi connectivity index (χ1) is 7.77. The van der Waals surface area contributed by atoms with Gasteiger partial charge in [0.15, 0.2) is 0 Å². The Hall–Kier alpha value is -1.83. The normalized spacial score (nSPS) is 11.1.